The summed E-state index contributed by atoms with van der Waals surface area (Å²) in [4.78, 5) is 0. The third kappa shape index (κ3) is 8.71. The maximum absolute atomic E-state index is 10.8. The fourth-order valence-electron chi connectivity index (χ4n) is 4.32. The summed E-state index contributed by atoms with van der Waals surface area (Å²) in [5.74, 6) is 0.581. The van der Waals surface area contributed by atoms with Gasteiger partial charge < -0.3 is 5.11 Å². The molecule has 0 radical (unpaired) electrons. The second kappa shape index (κ2) is 15.0. The number of benzene rings is 1. The van der Waals surface area contributed by atoms with E-state index in [1.807, 2.05) is 0 Å². The molecule has 0 atom stereocenters. The highest BCUT2D eigenvalue weighted by Gasteiger charge is 2.16. The summed E-state index contributed by atoms with van der Waals surface area (Å²) >= 11 is 0. The van der Waals surface area contributed by atoms with Crippen LogP contribution in [0, 0.1) is 0 Å². The quantitative estimate of drug-likeness (QED) is 0.288. The first-order valence-corrected chi connectivity index (χ1v) is 12.0. The van der Waals surface area contributed by atoms with E-state index in [4.69, 9.17) is 0 Å². The zero-order chi connectivity index (χ0) is 19.9. The number of hydrogen-bond donors (Lipinski definition) is 1. The SMILES string of the molecule is CCCCCCCc1c(O)cc(CCC)c(CCC)c1CCCCCCC. The third-order valence-corrected chi connectivity index (χ3v) is 5.82. The van der Waals surface area contributed by atoms with Crippen LogP contribution in [0.4, 0.5) is 0 Å². The molecule has 0 bridgehead atoms. The highest BCUT2D eigenvalue weighted by molar-refractivity contribution is 5.49. The van der Waals surface area contributed by atoms with Gasteiger partial charge in [0.1, 0.15) is 5.75 Å². The molecule has 1 nitrogen and oxygen atoms in total. The Kier molecular flexibility index (Phi) is 13.4. The lowest BCUT2D eigenvalue weighted by Crippen LogP contribution is -2.06. The lowest BCUT2D eigenvalue weighted by atomic mass is 9.85. The van der Waals surface area contributed by atoms with Crippen molar-refractivity contribution in [3.05, 3.63) is 28.3 Å². The number of phenols is 1. The van der Waals surface area contributed by atoms with Gasteiger partial charge in [0.05, 0.1) is 0 Å². The Bertz CT molecular complexity index is 503. The normalized spacial score (nSPS) is 11.3. The monoisotopic (exact) mass is 374 g/mol. The van der Waals surface area contributed by atoms with E-state index in [0.29, 0.717) is 5.75 Å². The number of aryl methyl sites for hydroxylation is 1. The van der Waals surface area contributed by atoms with Crippen LogP contribution in [-0.2, 0) is 25.7 Å². The average molecular weight is 375 g/mol. The fraction of sp³-hybridized carbons (Fsp3) is 0.769. The molecule has 1 N–H and O–H groups in total. The Labute approximate surface area is 170 Å². The molecule has 0 heterocycles. The van der Waals surface area contributed by atoms with Gasteiger partial charge in [-0.1, -0.05) is 91.9 Å². The van der Waals surface area contributed by atoms with Crippen molar-refractivity contribution in [2.75, 3.05) is 0 Å². The molecule has 0 saturated carbocycles. The summed E-state index contributed by atoms with van der Waals surface area (Å²) in [6.45, 7) is 9.09. The van der Waals surface area contributed by atoms with Crippen LogP contribution in [-0.4, -0.2) is 5.11 Å². The minimum absolute atomic E-state index is 0.581. The molecule has 1 heteroatoms. The molecule has 0 aliphatic rings. The van der Waals surface area contributed by atoms with E-state index in [-0.39, 0.29) is 0 Å². The van der Waals surface area contributed by atoms with Gasteiger partial charge in [0.15, 0.2) is 0 Å². The van der Waals surface area contributed by atoms with Gasteiger partial charge in [-0.05, 0) is 66.8 Å². The van der Waals surface area contributed by atoms with Crippen LogP contribution in [0.3, 0.4) is 0 Å². The number of rotatable bonds is 16. The maximum atomic E-state index is 10.8. The van der Waals surface area contributed by atoms with Crippen LogP contribution in [0.2, 0.25) is 0 Å². The fourth-order valence-corrected chi connectivity index (χ4v) is 4.32. The Balaban J connectivity index is 2.99. The molecule has 156 valence electrons. The zero-order valence-electron chi connectivity index (χ0n) is 18.8. The van der Waals surface area contributed by atoms with Crippen LogP contribution < -0.4 is 0 Å². The molecule has 0 saturated heterocycles. The Morgan fingerprint density at radius 1 is 0.519 bits per heavy atom. The van der Waals surface area contributed by atoms with Crippen LogP contribution in [0.1, 0.15) is 127 Å². The van der Waals surface area contributed by atoms with E-state index < -0.39 is 0 Å². The summed E-state index contributed by atoms with van der Waals surface area (Å²) in [5.41, 5.74) is 5.80. The van der Waals surface area contributed by atoms with Crippen molar-refractivity contribution in [3.8, 4) is 5.75 Å². The molecular formula is C26H46O. The molecular weight excluding hydrogens is 328 g/mol. The second-order valence-corrected chi connectivity index (χ2v) is 8.32. The van der Waals surface area contributed by atoms with Gasteiger partial charge in [0.25, 0.3) is 0 Å². The number of unbranched alkanes of at least 4 members (excludes halogenated alkanes) is 8. The molecule has 0 spiro atoms. The predicted molar refractivity (Wildman–Crippen MR) is 121 cm³/mol. The molecule has 0 aromatic heterocycles. The van der Waals surface area contributed by atoms with Crippen LogP contribution in [0.25, 0.3) is 0 Å². The van der Waals surface area contributed by atoms with Crippen LogP contribution in [0.15, 0.2) is 6.07 Å². The lowest BCUT2D eigenvalue weighted by Gasteiger charge is -2.21. The summed E-state index contributed by atoms with van der Waals surface area (Å²) in [6, 6.07) is 2.11. The standard InChI is InChI=1S/C26H46O/c1-5-9-11-13-15-19-24-23(18-8-4)22(17-7-3)21-26(27)25(24)20-16-14-12-10-6-2/h21,27H,5-20H2,1-4H3. The third-order valence-electron chi connectivity index (χ3n) is 5.82. The van der Waals surface area contributed by atoms with E-state index >= 15 is 0 Å². The van der Waals surface area contributed by atoms with Crippen molar-refractivity contribution in [2.45, 2.75) is 130 Å². The Morgan fingerprint density at radius 3 is 1.56 bits per heavy atom. The molecule has 0 aliphatic heterocycles. The molecule has 1 aromatic rings. The smallest absolute Gasteiger partial charge is 0.119 e. The number of hydrogen-bond acceptors (Lipinski definition) is 1. The largest absolute Gasteiger partial charge is 0.508 e. The lowest BCUT2D eigenvalue weighted by molar-refractivity contribution is 0.462. The summed E-state index contributed by atoms with van der Waals surface area (Å²) in [7, 11) is 0. The molecule has 0 amide bonds. The highest BCUT2D eigenvalue weighted by Crippen LogP contribution is 2.33. The van der Waals surface area contributed by atoms with Crippen molar-refractivity contribution in [3.63, 3.8) is 0 Å². The highest BCUT2D eigenvalue weighted by atomic mass is 16.3. The average Bonchev–Trinajstić information content (AvgIpc) is 2.66. The summed E-state index contributed by atoms with van der Waals surface area (Å²) in [5, 5.41) is 10.8. The van der Waals surface area contributed by atoms with Crippen molar-refractivity contribution < 1.29 is 5.11 Å². The van der Waals surface area contributed by atoms with Crippen molar-refractivity contribution in [2.24, 2.45) is 0 Å². The van der Waals surface area contributed by atoms with Gasteiger partial charge in [0, 0.05) is 0 Å². The minimum Gasteiger partial charge on any atom is -0.508 e. The summed E-state index contributed by atoms with van der Waals surface area (Å²) < 4.78 is 0. The Morgan fingerprint density at radius 2 is 1.04 bits per heavy atom. The number of phenolic OH excluding ortho intramolecular Hbond substituents is 1. The van der Waals surface area contributed by atoms with Gasteiger partial charge in [-0.3, -0.25) is 0 Å². The first kappa shape index (κ1) is 24.1. The van der Waals surface area contributed by atoms with E-state index in [1.54, 1.807) is 5.56 Å². The van der Waals surface area contributed by atoms with E-state index in [2.05, 4.69) is 33.8 Å². The zero-order valence-corrected chi connectivity index (χ0v) is 18.8. The van der Waals surface area contributed by atoms with Gasteiger partial charge in [0.2, 0.25) is 0 Å². The van der Waals surface area contributed by atoms with Crippen LogP contribution >= 0.6 is 0 Å². The predicted octanol–water partition coefficient (Wildman–Crippen LogP) is 8.32. The van der Waals surface area contributed by atoms with Gasteiger partial charge in [-0.2, -0.15) is 0 Å². The van der Waals surface area contributed by atoms with Crippen molar-refractivity contribution in [1.82, 2.24) is 0 Å². The first-order chi connectivity index (χ1) is 13.2. The van der Waals surface area contributed by atoms with Crippen molar-refractivity contribution in [1.29, 1.82) is 0 Å². The number of aromatic hydroxyl groups is 1. The molecule has 0 aliphatic carbocycles. The maximum Gasteiger partial charge on any atom is 0.119 e. The minimum atomic E-state index is 0.581. The molecule has 0 fully saturated rings. The summed E-state index contributed by atoms with van der Waals surface area (Å²) in [6.07, 6.45) is 19.9. The van der Waals surface area contributed by atoms with Gasteiger partial charge in [-0.15, -0.1) is 0 Å². The molecule has 0 unspecified atom stereocenters. The molecule has 1 aromatic carbocycles. The van der Waals surface area contributed by atoms with Gasteiger partial charge >= 0.3 is 0 Å². The van der Waals surface area contributed by atoms with E-state index in [9.17, 15) is 5.11 Å². The Hall–Kier alpha value is -0.980. The van der Waals surface area contributed by atoms with E-state index in [1.165, 1.54) is 93.7 Å². The van der Waals surface area contributed by atoms with E-state index in [0.717, 1.165) is 25.7 Å². The molecule has 27 heavy (non-hydrogen) atoms. The topological polar surface area (TPSA) is 20.2 Å². The van der Waals surface area contributed by atoms with Gasteiger partial charge in [-0.25, -0.2) is 0 Å². The second-order valence-electron chi connectivity index (χ2n) is 8.32. The first-order valence-electron chi connectivity index (χ1n) is 12.0. The van der Waals surface area contributed by atoms with Crippen LogP contribution in [0.5, 0.6) is 5.75 Å². The van der Waals surface area contributed by atoms with Crippen molar-refractivity contribution >= 4 is 0 Å². The molecule has 1 rings (SSSR count).